The van der Waals surface area contributed by atoms with Crippen molar-refractivity contribution in [2.45, 2.75) is 6.92 Å². The van der Waals surface area contributed by atoms with E-state index >= 15 is 0 Å². The van der Waals surface area contributed by atoms with Gasteiger partial charge in [-0.2, -0.15) is 0 Å². The second-order valence-electron chi connectivity index (χ2n) is 6.62. The third-order valence-corrected chi connectivity index (χ3v) is 4.66. The summed E-state index contributed by atoms with van der Waals surface area (Å²) < 4.78 is 9.46. The molecule has 1 amide bonds. The van der Waals surface area contributed by atoms with E-state index in [4.69, 9.17) is 9.47 Å². The molecule has 152 valence electrons. The molecule has 1 N–H and O–H groups in total. The lowest BCUT2D eigenvalue weighted by Crippen LogP contribution is -2.15. The van der Waals surface area contributed by atoms with Gasteiger partial charge in [-0.25, -0.2) is 9.59 Å². The number of allylic oxidation sites excluding steroid dienone is 1. The van der Waals surface area contributed by atoms with Crippen LogP contribution in [0.5, 0.6) is 0 Å². The summed E-state index contributed by atoms with van der Waals surface area (Å²) in [6.07, 6.45) is 1.44. The van der Waals surface area contributed by atoms with Gasteiger partial charge in [0.25, 0.3) is 0 Å². The zero-order valence-corrected chi connectivity index (χ0v) is 16.9. The third kappa shape index (κ3) is 4.55. The summed E-state index contributed by atoms with van der Waals surface area (Å²) in [4.78, 5) is 36.5. The van der Waals surface area contributed by atoms with Crippen LogP contribution in [0.4, 0.5) is 5.69 Å². The molecule has 0 aromatic heterocycles. The summed E-state index contributed by atoms with van der Waals surface area (Å²) in [6.45, 7) is 1.83. The number of methoxy groups -OCH3 is 2. The van der Waals surface area contributed by atoms with Crippen LogP contribution in [0.1, 0.15) is 33.2 Å². The van der Waals surface area contributed by atoms with Crippen molar-refractivity contribution < 1.29 is 23.9 Å². The van der Waals surface area contributed by atoms with E-state index in [9.17, 15) is 14.4 Å². The molecule has 0 aliphatic carbocycles. The number of rotatable bonds is 5. The van der Waals surface area contributed by atoms with Gasteiger partial charge >= 0.3 is 11.9 Å². The number of ether oxygens (including phenoxy) is 2. The fourth-order valence-electron chi connectivity index (χ4n) is 3.06. The van der Waals surface area contributed by atoms with E-state index in [1.165, 1.54) is 38.5 Å². The average molecular weight is 403 g/mol. The van der Waals surface area contributed by atoms with Gasteiger partial charge in [0.2, 0.25) is 5.91 Å². The molecule has 0 unspecified atom stereocenters. The van der Waals surface area contributed by atoms with Crippen LogP contribution in [0.25, 0.3) is 16.3 Å². The Balaban J connectivity index is 1.89. The van der Waals surface area contributed by atoms with Gasteiger partial charge in [0.1, 0.15) is 0 Å². The second kappa shape index (κ2) is 9.05. The fourth-order valence-corrected chi connectivity index (χ4v) is 3.06. The van der Waals surface area contributed by atoms with Crippen molar-refractivity contribution in [3.63, 3.8) is 0 Å². The first kappa shape index (κ1) is 20.8. The van der Waals surface area contributed by atoms with E-state index in [0.29, 0.717) is 0 Å². The van der Waals surface area contributed by atoms with Crippen molar-refractivity contribution in [1.82, 2.24) is 0 Å². The molecule has 30 heavy (non-hydrogen) atoms. The highest BCUT2D eigenvalue weighted by Gasteiger charge is 2.17. The molecule has 0 heterocycles. The quantitative estimate of drug-likeness (QED) is 0.503. The smallest absolute Gasteiger partial charge is 0.339 e. The van der Waals surface area contributed by atoms with Crippen LogP contribution in [0.3, 0.4) is 0 Å². The highest BCUT2D eigenvalue weighted by molar-refractivity contribution is 6.08. The first-order valence-corrected chi connectivity index (χ1v) is 9.22. The molecule has 0 aliphatic heterocycles. The van der Waals surface area contributed by atoms with Crippen LogP contribution >= 0.6 is 0 Å². The van der Waals surface area contributed by atoms with Crippen molar-refractivity contribution in [2.75, 3.05) is 19.5 Å². The molecule has 0 radical (unpaired) electrons. The van der Waals surface area contributed by atoms with Gasteiger partial charge in [-0.1, -0.05) is 36.4 Å². The van der Waals surface area contributed by atoms with E-state index in [-0.39, 0.29) is 16.8 Å². The Kier molecular flexibility index (Phi) is 6.27. The zero-order chi connectivity index (χ0) is 21.7. The number of amides is 1. The third-order valence-electron chi connectivity index (χ3n) is 4.66. The van der Waals surface area contributed by atoms with Gasteiger partial charge in [-0.3, -0.25) is 4.79 Å². The minimum Gasteiger partial charge on any atom is -0.465 e. The molecule has 0 fully saturated rings. The zero-order valence-electron chi connectivity index (χ0n) is 16.9. The Bertz CT molecular complexity index is 1160. The molecule has 0 spiro atoms. The fraction of sp³-hybridized carbons (Fsp3) is 0.125. The summed E-state index contributed by atoms with van der Waals surface area (Å²) in [7, 11) is 2.50. The maximum atomic E-state index is 12.6. The van der Waals surface area contributed by atoms with Crippen molar-refractivity contribution in [3.8, 4) is 0 Å². The number of benzene rings is 3. The van der Waals surface area contributed by atoms with E-state index in [0.717, 1.165) is 21.9 Å². The van der Waals surface area contributed by atoms with E-state index in [1.807, 2.05) is 49.4 Å². The van der Waals surface area contributed by atoms with E-state index < -0.39 is 17.8 Å². The molecule has 0 saturated heterocycles. The number of fused-ring (bicyclic) bond motifs is 1. The van der Waals surface area contributed by atoms with Gasteiger partial charge in [0.05, 0.1) is 31.0 Å². The number of carbonyl (C=O) groups excluding carboxylic acids is 3. The standard InChI is InChI=1S/C24H21NO5/c1-15(17-9-8-16-6-4-5-7-18(16)13-17)12-22(26)25-21-14-19(23(27)29-2)10-11-20(21)24(28)30-3/h4-14H,1-3H3,(H,25,26). The normalized spacial score (nSPS) is 11.1. The van der Waals surface area contributed by atoms with E-state index in [2.05, 4.69) is 5.32 Å². The van der Waals surface area contributed by atoms with Crippen LogP contribution < -0.4 is 5.32 Å². The van der Waals surface area contributed by atoms with Crippen molar-refractivity contribution >= 4 is 39.9 Å². The second-order valence-corrected chi connectivity index (χ2v) is 6.62. The predicted octanol–water partition coefficient (Wildman–Crippen LogP) is 4.46. The Morgan fingerprint density at radius 3 is 2.17 bits per heavy atom. The molecule has 0 bridgehead atoms. The summed E-state index contributed by atoms with van der Waals surface area (Å²) in [5.41, 5.74) is 2.16. The maximum absolute atomic E-state index is 12.6. The lowest BCUT2D eigenvalue weighted by molar-refractivity contribution is -0.111. The molecule has 3 aromatic carbocycles. The Labute approximate surface area is 174 Å². The SMILES string of the molecule is COC(=O)c1ccc(C(=O)OC)c(NC(=O)C=C(C)c2ccc3ccccc3c2)c1. The lowest BCUT2D eigenvalue weighted by atomic mass is 10.0. The molecular weight excluding hydrogens is 382 g/mol. The maximum Gasteiger partial charge on any atom is 0.339 e. The summed E-state index contributed by atoms with van der Waals surface area (Å²) in [5, 5.41) is 4.84. The molecule has 6 heteroatoms. The van der Waals surface area contributed by atoms with Crippen molar-refractivity contribution in [3.05, 3.63) is 83.4 Å². The minimum atomic E-state index is -0.628. The average Bonchev–Trinajstić information content (AvgIpc) is 2.77. The summed E-state index contributed by atoms with van der Waals surface area (Å²) >= 11 is 0. The largest absolute Gasteiger partial charge is 0.465 e. The van der Waals surface area contributed by atoms with Gasteiger partial charge in [-0.15, -0.1) is 0 Å². The van der Waals surface area contributed by atoms with Crippen LogP contribution in [0, 0.1) is 0 Å². The topological polar surface area (TPSA) is 81.7 Å². The minimum absolute atomic E-state index is 0.135. The Morgan fingerprint density at radius 2 is 1.47 bits per heavy atom. The monoisotopic (exact) mass is 403 g/mol. The highest BCUT2D eigenvalue weighted by Crippen LogP contribution is 2.23. The van der Waals surface area contributed by atoms with Crippen LogP contribution in [-0.4, -0.2) is 32.1 Å². The van der Waals surface area contributed by atoms with Gasteiger partial charge < -0.3 is 14.8 Å². The molecule has 6 nitrogen and oxygen atoms in total. The summed E-state index contributed by atoms with van der Waals surface area (Å²) in [6, 6.07) is 18.1. The first-order valence-electron chi connectivity index (χ1n) is 9.22. The highest BCUT2D eigenvalue weighted by atomic mass is 16.5. The van der Waals surface area contributed by atoms with Crippen LogP contribution in [0.15, 0.2) is 66.7 Å². The summed E-state index contributed by atoms with van der Waals surface area (Å²) in [5.74, 6) is -1.64. The molecule has 3 rings (SSSR count). The lowest BCUT2D eigenvalue weighted by Gasteiger charge is -2.11. The predicted molar refractivity (Wildman–Crippen MR) is 115 cm³/mol. The van der Waals surface area contributed by atoms with Gasteiger partial charge in [0.15, 0.2) is 0 Å². The van der Waals surface area contributed by atoms with Gasteiger partial charge in [-0.05, 0) is 53.1 Å². The van der Waals surface area contributed by atoms with Crippen LogP contribution in [0.2, 0.25) is 0 Å². The number of carbonyl (C=O) groups is 3. The first-order chi connectivity index (χ1) is 14.4. The molecular formula is C24H21NO5. The number of esters is 2. The molecule has 0 atom stereocenters. The number of anilines is 1. The molecule has 0 aliphatic rings. The number of nitrogens with one attached hydrogen (secondary N) is 1. The van der Waals surface area contributed by atoms with Crippen molar-refractivity contribution in [2.24, 2.45) is 0 Å². The number of hydrogen-bond donors (Lipinski definition) is 1. The van der Waals surface area contributed by atoms with Gasteiger partial charge in [0, 0.05) is 6.08 Å². The molecule has 3 aromatic rings. The Hall–Kier alpha value is -3.93. The van der Waals surface area contributed by atoms with Crippen molar-refractivity contribution in [1.29, 1.82) is 0 Å². The molecule has 0 saturated carbocycles. The van der Waals surface area contributed by atoms with Crippen LogP contribution in [-0.2, 0) is 14.3 Å². The van der Waals surface area contributed by atoms with E-state index in [1.54, 1.807) is 0 Å². The number of hydrogen-bond acceptors (Lipinski definition) is 5. The Morgan fingerprint density at radius 1 is 0.800 bits per heavy atom.